The fourth-order valence-corrected chi connectivity index (χ4v) is 4.91. The number of benzene rings is 3. The molecule has 33 heavy (non-hydrogen) atoms. The summed E-state index contributed by atoms with van der Waals surface area (Å²) in [5, 5.41) is 0.952. The number of hydrogen-bond acceptors (Lipinski definition) is 3. The molecule has 1 unspecified atom stereocenters. The van der Waals surface area contributed by atoms with Crippen molar-refractivity contribution in [2.24, 2.45) is 4.99 Å². The minimum Gasteiger partial charge on any atom is -0.491 e. The smallest absolute Gasteiger partial charge is 0.149 e. The van der Waals surface area contributed by atoms with Crippen molar-refractivity contribution in [3.8, 4) is 11.1 Å². The number of ether oxygens (including phenoxy) is 1. The first kappa shape index (κ1) is 23.2. The first-order valence-electron chi connectivity index (χ1n) is 11.2. The van der Waals surface area contributed by atoms with Crippen LogP contribution in [0.25, 0.3) is 11.1 Å². The van der Waals surface area contributed by atoms with E-state index in [1.807, 2.05) is 0 Å². The van der Waals surface area contributed by atoms with Crippen LogP contribution in [-0.2, 0) is 10.5 Å². The van der Waals surface area contributed by atoms with Crippen LogP contribution in [0, 0.1) is 11.6 Å². The van der Waals surface area contributed by atoms with Gasteiger partial charge < -0.3 is 4.74 Å². The molecule has 0 aliphatic carbocycles. The summed E-state index contributed by atoms with van der Waals surface area (Å²) < 4.78 is 33.6. The Kier molecular flexibility index (Phi) is 7.61. The summed E-state index contributed by atoms with van der Waals surface area (Å²) in [5.41, 5.74) is 5.11. The van der Waals surface area contributed by atoms with Gasteiger partial charge in [0.2, 0.25) is 0 Å². The van der Waals surface area contributed by atoms with E-state index in [2.05, 4.69) is 66.5 Å². The number of rotatable bonds is 8. The zero-order valence-electron chi connectivity index (χ0n) is 18.9. The second kappa shape index (κ2) is 10.8. The van der Waals surface area contributed by atoms with E-state index in [4.69, 9.17) is 4.74 Å². The molecule has 1 atom stereocenters. The van der Waals surface area contributed by atoms with Crippen molar-refractivity contribution >= 4 is 17.5 Å². The fraction of sp³-hybridized carbons (Fsp3) is 0.250. The summed E-state index contributed by atoms with van der Waals surface area (Å²) in [7, 11) is 1.71. The van der Waals surface area contributed by atoms with Crippen LogP contribution in [0.3, 0.4) is 0 Å². The topological polar surface area (TPSA) is 21.6 Å². The van der Waals surface area contributed by atoms with Gasteiger partial charge in [-0.2, -0.15) is 0 Å². The van der Waals surface area contributed by atoms with E-state index in [1.165, 1.54) is 23.8 Å². The van der Waals surface area contributed by atoms with Crippen LogP contribution in [-0.4, -0.2) is 12.8 Å². The Bertz CT molecular complexity index is 1130. The quantitative estimate of drug-likeness (QED) is 0.315. The van der Waals surface area contributed by atoms with Gasteiger partial charge in [-0.3, -0.25) is 4.99 Å². The number of hydrogen-bond donors (Lipinski definition) is 0. The number of halogens is 2. The van der Waals surface area contributed by atoms with Crippen LogP contribution in [0.2, 0.25) is 0 Å². The molecule has 0 bridgehead atoms. The molecular weight excluding hydrogens is 436 g/mol. The number of allylic oxidation sites excluding steroid dienone is 1. The van der Waals surface area contributed by atoms with Crippen LogP contribution in [0.5, 0.6) is 0 Å². The molecule has 170 valence electrons. The third-order valence-corrected chi connectivity index (χ3v) is 6.85. The lowest BCUT2D eigenvalue weighted by atomic mass is 9.99. The van der Waals surface area contributed by atoms with E-state index in [9.17, 15) is 8.78 Å². The summed E-state index contributed by atoms with van der Waals surface area (Å²) in [6.45, 7) is 2.10. The molecule has 3 aromatic rings. The first-order chi connectivity index (χ1) is 16.1. The maximum Gasteiger partial charge on any atom is 0.149 e. The van der Waals surface area contributed by atoms with Gasteiger partial charge in [0.1, 0.15) is 16.7 Å². The van der Waals surface area contributed by atoms with Crippen molar-refractivity contribution in [3.05, 3.63) is 106 Å². The lowest BCUT2D eigenvalue weighted by Crippen LogP contribution is -2.03. The van der Waals surface area contributed by atoms with Crippen molar-refractivity contribution in [2.45, 2.75) is 38.0 Å². The van der Waals surface area contributed by atoms with Gasteiger partial charge in [0, 0.05) is 11.5 Å². The SMILES string of the molecule is CC/C=C(/OC)SCc1ccc(-c2ccc(C3CCC(c4c(F)cccc4F)=N3)cc2)cc1. The Morgan fingerprint density at radius 3 is 2.24 bits per heavy atom. The van der Waals surface area contributed by atoms with Gasteiger partial charge in [0.15, 0.2) is 0 Å². The monoisotopic (exact) mass is 463 g/mol. The third-order valence-electron chi connectivity index (χ3n) is 5.75. The predicted molar refractivity (Wildman–Crippen MR) is 133 cm³/mol. The molecule has 0 aromatic heterocycles. The number of methoxy groups -OCH3 is 1. The fourth-order valence-electron chi connectivity index (χ4n) is 4.01. The standard InChI is InChI=1S/C28H27F2NOS/c1-3-5-27(32-2)33-18-19-8-10-20(11-9-19)21-12-14-22(15-13-21)25-16-17-26(31-25)28-23(29)6-4-7-24(28)30/h4-15,25H,3,16-18H2,1-2H3/b27-5-. The number of aliphatic imine (C=N–C) groups is 1. The maximum absolute atomic E-state index is 14.1. The highest BCUT2D eigenvalue weighted by Crippen LogP contribution is 2.33. The lowest BCUT2D eigenvalue weighted by molar-refractivity contribution is 0.323. The maximum atomic E-state index is 14.1. The van der Waals surface area contributed by atoms with Gasteiger partial charge in [-0.25, -0.2) is 8.78 Å². The van der Waals surface area contributed by atoms with Gasteiger partial charge in [0.05, 0.1) is 18.7 Å². The highest BCUT2D eigenvalue weighted by Gasteiger charge is 2.24. The number of nitrogens with zero attached hydrogens (tertiary/aromatic N) is 1. The Morgan fingerprint density at radius 2 is 1.64 bits per heavy atom. The molecule has 0 spiro atoms. The zero-order chi connectivity index (χ0) is 23.2. The Morgan fingerprint density at radius 1 is 1.00 bits per heavy atom. The minimum absolute atomic E-state index is 0.0117. The van der Waals surface area contributed by atoms with Crippen molar-refractivity contribution < 1.29 is 13.5 Å². The molecule has 4 rings (SSSR count). The molecule has 2 nitrogen and oxygen atoms in total. The average Bonchev–Trinajstić information content (AvgIpc) is 3.32. The van der Waals surface area contributed by atoms with E-state index in [-0.39, 0.29) is 11.6 Å². The Hall–Kier alpha value is -2.92. The highest BCUT2D eigenvalue weighted by atomic mass is 32.2. The predicted octanol–water partition coefficient (Wildman–Crippen LogP) is 8.09. The van der Waals surface area contributed by atoms with Gasteiger partial charge in [-0.15, -0.1) is 0 Å². The third kappa shape index (κ3) is 5.53. The Balaban J connectivity index is 1.43. The molecule has 0 fully saturated rings. The molecule has 0 radical (unpaired) electrons. The normalized spacial score (nSPS) is 16.1. The van der Waals surface area contributed by atoms with E-state index < -0.39 is 11.6 Å². The van der Waals surface area contributed by atoms with Crippen molar-refractivity contribution in [1.82, 2.24) is 0 Å². The second-order valence-corrected chi connectivity index (χ2v) is 8.95. The summed E-state index contributed by atoms with van der Waals surface area (Å²) >= 11 is 1.70. The van der Waals surface area contributed by atoms with Crippen molar-refractivity contribution in [3.63, 3.8) is 0 Å². The van der Waals surface area contributed by atoms with Crippen LogP contribution in [0.4, 0.5) is 8.78 Å². The summed E-state index contributed by atoms with van der Waals surface area (Å²) in [6.07, 6.45) is 4.37. The lowest BCUT2D eigenvalue weighted by Gasteiger charge is -2.10. The average molecular weight is 464 g/mol. The minimum atomic E-state index is -0.550. The van der Waals surface area contributed by atoms with Crippen molar-refractivity contribution in [1.29, 1.82) is 0 Å². The van der Waals surface area contributed by atoms with E-state index in [0.717, 1.165) is 40.4 Å². The summed E-state index contributed by atoms with van der Waals surface area (Å²) in [4.78, 5) is 4.64. The summed E-state index contributed by atoms with van der Waals surface area (Å²) in [6, 6.07) is 20.7. The van der Waals surface area contributed by atoms with Gasteiger partial charge in [-0.1, -0.05) is 73.3 Å². The molecule has 5 heteroatoms. The largest absolute Gasteiger partial charge is 0.491 e. The van der Waals surface area contributed by atoms with Crippen LogP contribution in [0.15, 0.2) is 82.9 Å². The van der Waals surface area contributed by atoms with E-state index >= 15 is 0 Å². The second-order valence-electron chi connectivity index (χ2n) is 7.97. The molecule has 3 aromatic carbocycles. The molecule has 0 saturated heterocycles. The van der Waals surface area contributed by atoms with Crippen LogP contribution < -0.4 is 0 Å². The van der Waals surface area contributed by atoms with Gasteiger partial charge >= 0.3 is 0 Å². The molecular formula is C28H27F2NOS. The summed E-state index contributed by atoms with van der Waals surface area (Å²) in [5.74, 6) is -0.235. The van der Waals surface area contributed by atoms with Crippen LogP contribution in [0.1, 0.15) is 48.9 Å². The molecule has 0 saturated carbocycles. The van der Waals surface area contributed by atoms with Gasteiger partial charge in [0.25, 0.3) is 0 Å². The Labute approximate surface area is 198 Å². The zero-order valence-corrected chi connectivity index (χ0v) is 19.7. The van der Waals surface area contributed by atoms with E-state index in [1.54, 1.807) is 18.9 Å². The molecule has 1 heterocycles. The van der Waals surface area contributed by atoms with Crippen LogP contribution >= 0.6 is 11.8 Å². The van der Waals surface area contributed by atoms with E-state index in [0.29, 0.717) is 12.1 Å². The molecule has 1 aliphatic heterocycles. The van der Waals surface area contributed by atoms with Crippen molar-refractivity contribution in [2.75, 3.05) is 7.11 Å². The number of thioether (sulfide) groups is 1. The first-order valence-corrected chi connectivity index (χ1v) is 12.1. The van der Waals surface area contributed by atoms with Gasteiger partial charge in [-0.05, 0) is 59.7 Å². The molecule has 0 amide bonds. The molecule has 1 aliphatic rings. The highest BCUT2D eigenvalue weighted by molar-refractivity contribution is 8.02. The molecule has 0 N–H and O–H groups in total.